The summed E-state index contributed by atoms with van der Waals surface area (Å²) in [6.07, 6.45) is 6.82. The normalized spacial score (nSPS) is 16.0. The Balaban J connectivity index is 1.63. The Labute approximate surface area is 128 Å². The highest BCUT2D eigenvalue weighted by atomic mass is 35.5. The van der Waals surface area contributed by atoms with E-state index in [0.717, 1.165) is 37.3 Å². The number of nitrogens with zero attached hydrogens (tertiary/aromatic N) is 3. The van der Waals surface area contributed by atoms with Crippen LogP contribution >= 0.6 is 11.6 Å². The fraction of sp³-hybridized carbons (Fsp3) is 0.312. The summed E-state index contributed by atoms with van der Waals surface area (Å²) in [4.78, 5) is 23.0. The molecule has 1 aromatic carbocycles. The minimum atomic E-state index is 0.0825. The zero-order chi connectivity index (χ0) is 14.7. The van der Waals surface area contributed by atoms with Crippen molar-refractivity contribution in [3.8, 4) is 0 Å². The van der Waals surface area contributed by atoms with E-state index in [9.17, 15) is 4.79 Å². The van der Waals surface area contributed by atoms with Gasteiger partial charge >= 0.3 is 0 Å². The van der Waals surface area contributed by atoms with Crippen LogP contribution in [0.25, 0.3) is 0 Å². The zero-order valence-electron chi connectivity index (χ0n) is 11.6. The first-order chi connectivity index (χ1) is 10.2. The molecule has 5 heteroatoms. The fourth-order valence-electron chi connectivity index (χ4n) is 2.68. The molecule has 4 nitrogen and oxygen atoms in total. The van der Waals surface area contributed by atoms with Crippen molar-refractivity contribution in [2.45, 2.75) is 12.8 Å². The maximum absolute atomic E-state index is 12.5. The molecule has 0 amide bonds. The predicted molar refractivity (Wildman–Crippen MR) is 82.8 cm³/mol. The maximum Gasteiger partial charge on any atom is 0.166 e. The molecule has 0 N–H and O–H groups in total. The van der Waals surface area contributed by atoms with Gasteiger partial charge in [0.1, 0.15) is 5.82 Å². The molecule has 108 valence electrons. The Bertz CT molecular complexity index is 607. The lowest BCUT2D eigenvalue weighted by Gasteiger charge is -2.31. The fourth-order valence-corrected chi connectivity index (χ4v) is 2.80. The number of rotatable bonds is 3. The van der Waals surface area contributed by atoms with E-state index < -0.39 is 0 Å². The highest BCUT2D eigenvalue weighted by Crippen LogP contribution is 2.24. The molecule has 0 bridgehead atoms. The van der Waals surface area contributed by atoms with Gasteiger partial charge in [0.05, 0.1) is 6.20 Å². The van der Waals surface area contributed by atoms with Gasteiger partial charge in [-0.15, -0.1) is 0 Å². The van der Waals surface area contributed by atoms with Crippen LogP contribution in [0.2, 0.25) is 5.02 Å². The molecule has 2 heterocycles. The average Bonchev–Trinajstić information content (AvgIpc) is 2.56. The number of benzene rings is 1. The molecule has 1 aliphatic rings. The van der Waals surface area contributed by atoms with Crippen LogP contribution < -0.4 is 4.90 Å². The number of halogens is 1. The number of Topliss-reactive ketones (excluding diaryl/α,β-unsaturated/α-hetero) is 1. The summed E-state index contributed by atoms with van der Waals surface area (Å²) in [5.41, 5.74) is 0.748. The third kappa shape index (κ3) is 3.22. The van der Waals surface area contributed by atoms with Gasteiger partial charge in [-0.25, -0.2) is 4.98 Å². The van der Waals surface area contributed by atoms with E-state index in [1.54, 1.807) is 42.9 Å². The summed E-state index contributed by atoms with van der Waals surface area (Å²) in [6.45, 7) is 1.67. The van der Waals surface area contributed by atoms with Crippen LogP contribution in [0.1, 0.15) is 23.2 Å². The van der Waals surface area contributed by atoms with E-state index in [4.69, 9.17) is 11.6 Å². The second-order valence-corrected chi connectivity index (χ2v) is 5.63. The van der Waals surface area contributed by atoms with Gasteiger partial charge in [-0.2, -0.15) is 0 Å². The van der Waals surface area contributed by atoms with E-state index >= 15 is 0 Å². The molecular formula is C16H16ClN3O. The summed E-state index contributed by atoms with van der Waals surface area (Å²) in [5.74, 6) is 1.18. The molecule has 0 spiro atoms. The molecular weight excluding hydrogens is 286 g/mol. The highest BCUT2D eigenvalue weighted by Gasteiger charge is 2.26. The summed E-state index contributed by atoms with van der Waals surface area (Å²) >= 11 is 5.86. The molecule has 0 aliphatic carbocycles. The molecule has 0 atom stereocenters. The van der Waals surface area contributed by atoms with Crippen molar-refractivity contribution < 1.29 is 4.79 Å². The van der Waals surface area contributed by atoms with Gasteiger partial charge in [0, 0.05) is 42.0 Å². The lowest BCUT2D eigenvalue weighted by Crippen LogP contribution is -2.36. The van der Waals surface area contributed by atoms with Crippen LogP contribution in [-0.4, -0.2) is 28.8 Å². The summed E-state index contributed by atoms with van der Waals surface area (Å²) in [7, 11) is 0. The zero-order valence-corrected chi connectivity index (χ0v) is 12.3. The Morgan fingerprint density at radius 3 is 2.48 bits per heavy atom. The summed E-state index contributed by atoms with van der Waals surface area (Å²) in [6, 6.07) is 7.15. The van der Waals surface area contributed by atoms with E-state index in [2.05, 4.69) is 14.9 Å². The Kier molecular flexibility index (Phi) is 4.15. The van der Waals surface area contributed by atoms with Gasteiger partial charge in [0.25, 0.3) is 0 Å². The van der Waals surface area contributed by atoms with Gasteiger partial charge in [0.15, 0.2) is 5.78 Å². The second-order valence-electron chi connectivity index (χ2n) is 5.20. The minimum Gasteiger partial charge on any atom is -0.355 e. The van der Waals surface area contributed by atoms with Crippen molar-refractivity contribution in [3.05, 3.63) is 53.4 Å². The van der Waals surface area contributed by atoms with E-state index in [1.807, 2.05) is 0 Å². The number of aromatic nitrogens is 2. The standard InChI is InChI=1S/C16H16ClN3O/c17-14-3-1-12(2-4-14)16(21)13-5-9-20(10-6-13)15-11-18-7-8-19-15/h1-4,7-8,11,13H,5-6,9-10H2. The van der Waals surface area contributed by atoms with Crippen molar-refractivity contribution in [3.63, 3.8) is 0 Å². The smallest absolute Gasteiger partial charge is 0.166 e. The first-order valence-electron chi connectivity index (χ1n) is 7.05. The van der Waals surface area contributed by atoms with Crippen molar-refractivity contribution in [1.82, 2.24) is 9.97 Å². The van der Waals surface area contributed by atoms with Gasteiger partial charge in [-0.1, -0.05) is 11.6 Å². The molecule has 21 heavy (non-hydrogen) atoms. The third-order valence-electron chi connectivity index (χ3n) is 3.87. The second kappa shape index (κ2) is 6.22. The van der Waals surface area contributed by atoms with E-state index in [1.165, 1.54) is 0 Å². The number of hydrogen-bond donors (Lipinski definition) is 0. The van der Waals surface area contributed by atoms with Gasteiger partial charge in [-0.3, -0.25) is 9.78 Å². The lowest BCUT2D eigenvalue weighted by molar-refractivity contribution is 0.0900. The topological polar surface area (TPSA) is 46.1 Å². The molecule has 1 aromatic heterocycles. The Morgan fingerprint density at radius 2 is 1.86 bits per heavy atom. The Morgan fingerprint density at radius 1 is 1.14 bits per heavy atom. The lowest BCUT2D eigenvalue weighted by atomic mass is 9.89. The first-order valence-corrected chi connectivity index (χ1v) is 7.42. The van der Waals surface area contributed by atoms with Crippen molar-refractivity contribution in [1.29, 1.82) is 0 Å². The third-order valence-corrected chi connectivity index (χ3v) is 4.12. The van der Waals surface area contributed by atoms with Crippen LogP contribution in [0.4, 0.5) is 5.82 Å². The summed E-state index contributed by atoms with van der Waals surface area (Å²) < 4.78 is 0. The summed E-state index contributed by atoms with van der Waals surface area (Å²) in [5, 5.41) is 0.657. The van der Waals surface area contributed by atoms with E-state index in [-0.39, 0.29) is 11.7 Å². The number of anilines is 1. The largest absolute Gasteiger partial charge is 0.355 e. The number of piperidine rings is 1. The molecule has 0 unspecified atom stereocenters. The average molecular weight is 302 g/mol. The van der Waals surface area contributed by atoms with Crippen molar-refractivity contribution >= 4 is 23.2 Å². The van der Waals surface area contributed by atoms with Gasteiger partial charge < -0.3 is 4.90 Å². The molecule has 0 saturated carbocycles. The molecule has 1 fully saturated rings. The number of hydrogen-bond acceptors (Lipinski definition) is 4. The number of carbonyl (C=O) groups is 1. The molecule has 1 aliphatic heterocycles. The van der Waals surface area contributed by atoms with Gasteiger partial charge in [-0.05, 0) is 37.1 Å². The van der Waals surface area contributed by atoms with E-state index in [0.29, 0.717) is 5.02 Å². The number of ketones is 1. The highest BCUT2D eigenvalue weighted by molar-refractivity contribution is 6.30. The minimum absolute atomic E-state index is 0.0825. The van der Waals surface area contributed by atoms with Crippen LogP contribution in [0.5, 0.6) is 0 Å². The quantitative estimate of drug-likeness (QED) is 0.817. The molecule has 0 radical (unpaired) electrons. The van der Waals surface area contributed by atoms with Crippen LogP contribution in [0.15, 0.2) is 42.9 Å². The van der Waals surface area contributed by atoms with Crippen LogP contribution in [-0.2, 0) is 0 Å². The number of carbonyl (C=O) groups excluding carboxylic acids is 1. The van der Waals surface area contributed by atoms with Gasteiger partial charge in [0.2, 0.25) is 0 Å². The molecule has 2 aromatic rings. The predicted octanol–water partition coefficient (Wildman–Crippen LogP) is 3.23. The molecule has 3 rings (SSSR count). The Hall–Kier alpha value is -1.94. The SMILES string of the molecule is O=C(c1ccc(Cl)cc1)C1CCN(c2cnccn2)CC1. The van der Waals surface area contributed by atoms with Crippen molar-refractivity contribution in [2.24, 2.45) is 5.92 Å². The molecule has 1 saturated heterocycles. The van der Waals surface area contributed by atoms with Crippen LogP contribution in [0, 0.1) is 5.92 Å². The maximum atomic E-state index is 12.5. The van der Waals surface area contributed by atoms with Crippen molar-refractivity contribution in [2.75, 3.05) is 18.0 Å². The first kappa shape index (κ1) is 14.0. The van der Waals surface area contributed by atoms with Crippen LogP contribution in [0.3, 0.4) is 0 Å². The monoisotopic (exact) mass is 301 g/mol.